The molecule has 0 bridgehead atoms. The molecule has 0 radical (unpaired) electrons. The van der Waals surface area contributed by atoms with Crippen LogP contribution in [0.15, 0.2) is 57.8 Å². The summed E-state index contributed by atoms with van der Waals surface area (Å²) in [6.45, 7) is 10.0. The number of hydrogen-bond acceptors (Lipinski definition) is 7. The Morgan fingerprint density at radius 2 is 1.61 bits per heavy atom. The van der Waals surface area contributed by atoms with E-state index in [9.17, 15) is 27.7 Å². The van der Waals surface area contributed by atoms with E-state index in [-0.39, 0.29) is 16.5 Å². The van der Waals surface area contributed by atoms with Gasteiger partial charge in [-0.1, -0.05) is 19.1 Å². The number of carbonyl (C=O) groups is 1. The largest absolute Gasteiger partial charge is 0.477 e. The van der Waals surface area contributed by atoms with Crippen molar-refractivity contribution in [2.45, 2.75) is 64.2 Å². The highest BCUT2D eigenvalue weighted by atomic mass is 32.2. The third-order valence-electron chi connectivity index (χ3n) is 4.70. The van der Waals surface area contributed by atoms with Crippen molar-refractivity contribution in [3.05, 3.63) is 70.0 Å². The quantitative estimate of drug-likeness (QED) is 0.219. The van der Waals surface area contributed by atoms with Crippen LogP contribution in [0.2, 0.25) is 0 Å². The van der Waals surface area contributed by atoms with E-state index in [1.807, 2.05) is 0 Å². The van der Waals surface area contributed by atoms with Gasteiger partial charge >= 0.3 is 6.09 Å². The van der Waals surface area contributed by atoms with Gasteiger partial charge in [-0.05, 0) is 64.4 Å². The van der Waals surface area contributed by atoms with Crippen LogP contribution in [0.1, 0.15) is 53.1 Å². The molecule has 0 spiro atoms. The Morgan fingerprint density at radius 3 is 2.08 bits per heavy atom. The molecule has 0 aromatic heterocycles. The average molecular weight is 524 g/mol. The molecule has 0 saturated carbocycles. The predicted molar refractivity (Wildman–Crippen MR) is 132 cm³/mol. The summed E-state index contributed by atoms with van der Waals surface area (Å²) in [5, 5.41) is 13.6. The molecule has 0 aliphatic carbocycles. The van der Waals surface area contributed by atoms with Crippen molar-refractivity contribution in [1.82, 2.24) is 5.32 Å². The fourth-order valence-corrected chi connectivity index (χ4v) is 4.14. The molecule has 10 nitrogen and oxygen atoms in total. The molecular weight excluding hydrogens is 493 g/mol. The lowest BCUT2D eigenvalue weighted by Gasteiger charge is -2.29. The van der Waals surface area contributed by atoms with Crippen molar-refractivity contribution in [3.8, 4) is 0 Å². The molecule has 2 atom stereocenters. The average Bonchev–Trinajstić information content (AvgIpc) is 2.75. The molecule has 2 unspecified atom stereocenters. The molecule has 0 fully saturated rings. The molecule has 2 aromatic rings. The Labute approximate surface area is 209 Å². The first-order chi connectivity index (χ1) is 16.6. The van der Waals surface area contributed by atoms with E-state index in [4.69, 9.17) is 9.47 Å². The van der Waals surface area contributed by atoms with Gasteiger partial charge in [-0.25, -0.2) is 9.18 Å². The first-order valence-electron chi connectivity index (χ1n) is 11.1. The summed E-state index contributed by atoms with van der Waals surface area (Å²) in [6.07, 6.45) is -1.25. The Morgan fingerprint density at radius 1 is 1.06 bits per heavy atom. The lowest BCUT2D eigenvalue weighted by Crippen LogP contribution is -2.40. The lowest BCUT2D eigenvalue weighted by atomic mass is 9.94. The number of ether oxygens (including phenoxy) is 2. The van der Waals surface area contributed by atoms with Gasteiger partial charge in [0.05, 0.1) is 27.9 Å². The number of non-ortho nitro benzene ring substituents is 1. The highest BCUT2D eigenvalue weighted by molar-refractivity contribution is 7.90. The molecule has 0 aliphatic heterocycles. The van der Waals surface area contributed by atoms with Crippen LogP contribution in [0, 0.1) is 21.8 Å². The van der Waals surface area contributed by atoms with Crippen LogP contribution >= 0.6 is 0 Å². The zero-order chi connectivity index (χ0) is 27.3. The van der Waals surface area contributed by atoms with Crippen molar-refractivity contribution >= 4 is 27.7 Å². The molecule has 0 heterocycles. The molecule has 2 aromatic carbocycles. The number of carbonyl (C=O) groups excluding carboxylic acids is 1. The second-order valence-corrected chi connectivity index (χ2v) is 10.9. The van der Waals surface area contributed by atoms with E-state index in [1.165, 1.54) is 24.3 Å². The van der Waals surface area contributed by atoms with Gasteiger partial charge < -0.3 is 14.8 Å². The topological polar surface area (TPSA) is 137 Å². The molecular formula is C24H30FN3O7S. The molecule has 1 amide bonds. The molecule has 12 heteroatoms. The summed E-state index contributed by atoms with van der Waals surface area (Å²) >= 11 is 0. The van der Waals surface area contributed by atoms with Crippen LogP contribution in [0.25, 0.3) is 0 Å². The predicted octanol–water partition coefficient (Wildman–Crippen LogP) is 5.15. The maximum absolute atomic E-state index is 13.6. The third-order valence-corrected chi connectivity index (χ3v) is 5.99. The van der Waals surface area contributed by atoms with E-state index < -0.39 is 50.5 Å². The Hall–Kier alpha value is -3.54. The van der Waals surface area contributed by atoms with Crippen LogP contribution in [0.3, 0.4) is 0 Å². The molecule has 0 aliphatic rings. The monoisotopic (exact) mass is 523 g/mol. The normalized spacial score (nSPS) is 14.2. The minimum Gasteiger partial charge on any atom is -0.477 e. The number of alkyl carbamates (subject to hydrolysis) is 1. The number of halogens is 1. The number of rotatable bonds is 8. The summed E-state index contributed by atoms with van der Waals surface area (Å²) in [6, 6.07) is 8.68. The van der Waals surface area contributed by atoms with Crippen molar-refractivity contribution in [2.24, 2.45) is 10.3 Å². The maximum Gasteiger partial charge on any atom is 0.408 e. The van der Waals surface area contributed by atoms with Gasteiger partial charge in [0, 0.05) is 12.1 Å². The van der Waals surface area contributed by atoms with Crippen molar-refractivity contribution in [1.29, 1.82) is 0 Å². The van der Waals surface area contributed by atoms with E-state index in [0.29, 0.717) is 5.56 Å². The number of nitro benzene ring substituents is 1. The van der Waals surface area contributed by atoms with Crippen molar-refractivity contribution in [3.63, 3.8) is 0 Å². The summed E-state index contributed by atoms with van der Waals surface area (Å²) in [7, 11) is -4.34. The van der Waals surface area contributed by atoms with Gasteiger partial charge in [-0.2, -0.15) is 8.42 Å². The second kappa shape index (κ2) is 11.5. The first-order valence-corrected chi connectivity index (χ1v) is 12.5. The number of amides is 1. The third kappa shape index (κ3) is 8.29. The van der Waals surface area contributed by atoms with Crippen LogP contribution < -0.4 is 5.32 Å². The van der Waals surface area contributed by atoms with Crippen LogP contribution in [0.4, 0.5) is 14.9 Å². The van der Waals surface area contributed by atoms with Gasteiger partial charge in [0.15, 0.2) is 0 Å². The van der Waals surface area contributed by atoms with Crippen molar-refractivity contribution < 1.29 is 32.0 Å². The molecule has 0 saturated heterocycles. The fourth-order valence-electron chi connectivity index (χ4n) is 3.11. The van der Waals surface area contributed by atoms with E-state index >= 15 is 0 Å². The number of nitrogens with zero attached hydrogens (tertiary/aromatic N) is 2. The van der Waals surface area contributed by atoms with Gasteiger partial charge in [0.2, 0.25) is 5.90 Å². The first kappa shape index (κ1) is 28.7. The fraction of sp³-hybridized carbons (Fsp3) is 0.417. The number of sulfonamides is 1. The molecule has 1 N–H and O–H groups in total. The van der Waals surface area contributed by atoms with Gasteiger partial charge in [0.25, 0.3) is 15.7 Å². The van der Waals surface area contributed by atoms with Gasteiger partial charge in [-0.3, -0.25) is 10.1 Å². The van der Waals surface area contributed by atoms with Crippen molar-refractivity contribution in [2.75, 3.05) is 0 Å². The van der Waals surface area contributed by atoms with E-state index in [1.54, 1.807) is 41.5 Å². The molecule has 2 rings (SSSR count). The molecule has 36 heavy (non-hydrogen) atoms. The maximum atomic E-state index is 13.6. The SMILES string of the molecule is CC(C)OC(=NS(=O)(=O)c1ccc([N+](=O)[O-])cc1)C(C)C(NC(=O)OC(C)(C)C)c1ccc(F)cc1. The number of benzene rings is 2. The lowest BCUT2D eigenvalue weighted by molar-refractivity contribution is -0.384. The Kier molecular flexibility index (Phi) is 9.14. The van der Waals surface area contributed by atoms with Crippen LogP contribution in [-0.4, -0.2) is 37.0 Å². The highest BCUT2D eigenvalue weighted by Gasteiger charge is 2.31. The van der Waals surface area contributed by atoms with E-state index in [0.717, 1.165) is 24.3 Å². The summed E-state index contributed by atoms with van der Waals surface area (Å²) < 4.78 is 54.6. The minimum atomic E-state index is -4.34. The highest BCUT2D eigenvalue weighted by Crippen LogP contribution is 2.27. The molecule has 196 valence electrons. The van der Waals surface area contributed by atoms with E-state index in [2.05, 4.69) is 9.71 Å². The number of nitro groups is 1. The summed E-state index contributed by atoms with van der Waals surface area (Å²) in [5.41, 5.74) is -0.615. The standard InChI is InChI=1S/C24H30FN3O7S/c1-15(2)34-22(27-36(32,33)20-13-11-19(12-14-20)28(30)31)16(3)21(17-7-9-18(25)10-8-17)26-23(29)35-24(4,5)6/h7-16,21H,1-6H3,(H,26,29). The summed E-state index contributed by atoms with van der Waals surface area (Å²) in [4.78, 5) is 22.6. The summed E-state index contributed by atoms with van der Waals surface area (Å²) in [5.74, 6) is -1.55. The Bertz CT molecular complexity index is 1210. The second-order valence-electron chi connectivity index (χ2n) is 9.29. The van der Waals surface area contributed by atoms with Crippen LogP contribution in [-0.2, 0) is 19.5 Å². The number of hydrogen-bond donors (Lipinski definition) is 1. The zero-order valence-corrected chi connectivity index (χ0v) is 21.7. The number of nitrogens with one attached hydrogen (secondary N) is 1. The Balaban J connectivity index is 2.52. The van der Waals surface area contributed by atoms with Gasteiger partial charge in [-0.15, -0.1) is 4.40 Å². The van der Waals surface area contributed by atoms with Crippen LogP contribution in [0.5, 0.6) is 0 Å². The van der Waals surface area contributed by atoms with Gasteiger partial charge in [0.1, 0.15) is 11.4 Å². The minimum absolute atomic E-state index is 0.214. The smallest absolute Gasteiger partial charge is 0.408 e. The zero-order valence-electron chi connectivity index (χ0n) is 20.9.